The second-order valence-corrected chi connectivity index (χ2v) is 3.06. The minimum Gasteiger partial charge on any atom is -0.403 e. The van der Waals surface area contributed by atoms with Crippen molar-refractivity contribution in [1.29, 1.82) is 5.26 Å². The average Bonchev–Trinajstić information content (AvgIpc) is 2.11. The van der Waals surface area contributed by atoms with Gasteiger partial charge in [-0.25, -0.2) is 4.98 Å². The number of nitrogens with zero attached hydrogens (tertiary/aromatic N) is 2. The first-order valence-electron chi connectivity index (χ1n) is 3.35. The Labute approximate surface area is 89.4 Å². The van der Waals surface area contributed by atoms with Gasteiger partial charge in [-0.15, -0.1) is 13.2 Å². The van der Waals surface area contributed by atoms with Crippen LogP contribution in [-0.4, -0.2) is 11.3 Å². The van der Waals surface area contributed by atoms with Gasteiger partial charge in [0.2, 0.25) is 5.95 Å². The molecule has 0 saturated heterocycles. The van der Waals surface area contributed by atoms with E-state index in [2.05, 4.69) is 25.7 Å². The Morgan fingerprint density at radius 1 is 1.47 bits per heavy atom. The lowest BCUT2D eigenvalue weighted by Crippen LogP contribution is -2.18. The third kappa shape index (κ3) is 2.79. The van der Waals surface area contributed by atoms with Crippen molar-refractivity contribution in [2.24, 2.45) is 0 Å². The predicted octanol–water partition coefficient (Wildman–Crippen LogP) is 2.75. The van der Waals surface area contributed by atoms with Crippen molar-refractivity contribution >= 4 is 15.9 Å². The fourth-order valence-electron chi connectivity index (χ4n) is 0.744. The molecule has 15 heavy (non-hydrogen) atoms. The molecule has 1 aromatic heterocycles. The SMILES string of the molecule is N#Cc1cnc(F)c(Br)c1OC(F)(F)F. The van der Waals surface area contributed by atoms with E-state index in [0.717, 1.165) is 0 Å². The minimum atomic E-state index is -5.00. The van der Waals surface area contributed by atoms with Crippen LogP contribution in [0.1, 0.15) is 5.56 Å². The van der Waals surface area contributed by atoms with Crippen molar-refractivity contribution < 1.29 is 22.3 Å². The molecule has 0 unspecified atom stereocenters. The standard InChI is InChI=1S/C7HBrF4N2O/c8-4-5(15-7(10,11)12)3(1-13)2-14-6(4)9/h2H. The van der Waals surface area contributed by atoms with Crippen molar-refractivity contribution in [3.05, 3.63) is 22.2 Å². The third-order valence-corrected chi connectivity index (χ3v) is 1.96. The third-order valence-electron chi connectivity index (χ3n) is 1.27. The van der Waals surface area contributed by atoms with E-state index in [4.69, 9.17) is 5.26 Å². The summed E-state index contributed by atoms with van der Waals surface area (Å²) in [4.78, 5) is 3.06. The van der Waals surface area contributed by atoms with Gasteiger partial charge in [-0.05, 0) is 15.9 Å². The molecule has 0 radical (unpaired) electrons. The van der Waals surface area contributed by atoms with Gasteiger partial charge in [-0.1, -0.05) is 0 Å². The van der Waals surface area contributed by atoms with Crippen LogP contribution >= 0.6 is 15.9 Å². The normalized spacial score (nSPS) is 10.9. The van der Waals surface area contributed by atoms with E-state index in [1.807, 2.05) is 0 Å². The van der Waals surface area contributed by atoms with Crippen LogP contribution in [0.4, 0.5) is 17.6 Å². The van der Waals surface area contributed by atoms with Crippen LogP contribution in [0.25, 0.3) is 0 Å². The molecule has 0 aromatic carbocycles. The van der Waals surface area contributed by atoms with Gasteiger partial charge < -0.3 is 4.74 Å². The molecule has 1 rings (SSSR count). The van der Waals surface area contributed by atoms with Crippen LogP contribution < -0.4 is 4.74 Å². The summed E-state index contributed by atoms with van der Waals surface area (Å²) >= 11 is 2.51. The van der Waals surface area contributed by atoms with Gasteiger partial charge in [-0.3, -0.25) is 0 Å². The molecule has 0 atom stereocenters. The predicted molar refractivity (Wildman–Crippen MR) is 43.3 cm³/mol. The summed E-state index contributed by atoms with van der Waals surface area (Å²) in [7, 11) is 0. The lowest BCUT2D eigenvalue weighted by Gasteiger charge is -2.11. The maximum Gasteiger partial charge on any atom is 0.573 e. The molecule has 0 bridgehead atoms. The van der Waals surface area contributed by atoms with Gasteiger partial charge in [-0.2, -0.15) is 9.65 Å². The average molecular weight is 285 g/mol. The number of hydrogen-bond acceptors (Lipinski definition) is 3. The molecule has 1 aromatic rings. The van der Waals surface area contributed by atoms with Crippen molar-refractivity contribution in [2.45, 2.75) is 6.36 Å². The van der Waals surface area contributed by atoms with E-state index >= 15 is 0 Å². The Kier molecular flexibility index (Phi) is 3.14. The number of hydrogen-bond donors (Lipinski definition) is 0. The molecular formula is C7HBrF4N2O. The first-order valence-corrected chi connectivity index (χ1v) is 4.14. The number of rotatable bonds is 1. The molecule has 1 heterocycles. The minimum absolute atomic E-state index is 0.513. The molecule has 0 N–H and O–H groups in total. The Bertz CT molecular complexity index is 426. The highest BCUT2D eigenvalue weighted by molar-refractivity contribution is 9.10. The first-order chi connectivity index (χ1) is 6.85. The largest absolute Gasteiger partial charge is 0.573 e. The molecule has 0 amide bonds. The second-order valence-electron chi connectivity index (χ2n) is 2.27. The van der Waals surface area contributed by atoms with Gasteiger partial charge in [0.05, 0.1) is 6.20 Å². The Hall–Kier alpha value is -1.36. The highest BCUT2D eigenvalue weighted by Gasteiger charge is 2.34. The van der Waals surface area contributed by atoms with Crippen LogP contribution in [0.2, 0.25) is 0 Å². The molecule has 0 aliphatic heterocycles. The molecule has 0 saturated carbocycles. The smallest absolute Gasteiger partial charge is 0.403 e. The summed E-state index contributed by atoms with van der Waals surface area (Å²) in [5.41, 5.74) is -0.513. The number of halogens is 5. The fraction of sp³-hybridized carbons (Fsp3) is 0.143. The zero-order valence-electron chi connectivity index (χ0n) is 6.77. The van der Waals surface area contributed by atoms with Crippen LogP contribution in [0.3, 0.4) is 0 Å². The van der Waals surface area contributed by atoms with Crippen LogP contribution in [0, 0.1) is 17.3 Å². The Morgan fingerprint density at radius 2 is 2.07 bits per heavy atom. The maximum atomic E-state index is 12.8. The number of aromatic nitrogens is 1. The zero-order chi connectivity index (χ0) is 11.6. The number of pyridine rings is 1. The number of ether oxygens (including phenoxy) is 1. The molecular weight excluding hydrogens is 284 g/mol. The lowest BCUT2D eigenvalue weighted by molar-refractivity contribution is -0.275. The second kappa shape index (κ2) is 4.02. The van der Waals surface area contributed by atoms with Gasteiger partial charge in [0.15, 0.2) is 5.75 Å². The van der Waals surface area contributed by atoms with E-state index in [1.54, 1.807) is 0 Å². The van der Waals surface area contributed by atoms with Gasteiger partial charge in [0.25, 0.3) is 0 Å². The van der Waals surface area contributed by atoms with Gasteiger partial charge in [0.1, 0.15) is 16.1 Å². The highest BCUT2D eigenvalue weighted by Crippen LogP contribution is 2.34. The van der Waals surface area contributed by atoms with E-state index in [9.17, 15) is 17.6 Å². The molecule has 0 spiro atoms. The molecule has 0 aliphatic carbocycles. The van der Waals surface area contributed by atoms with E-state index in [1.165, 1.54) is 6.07 Å². The molecule has 0 aliphatic rings. The molecule has 3 nitrogen and oxygen atoms in total. The van der Waals surface area contributed by atoms with Crippen LogP contribution in [0.15, 0.2) is 10.7 Å². The summed E-state index contributed by atoms with van der Waals surface area (Å²) in [6.45, 7) is 0. The summed E-state index contributed by atoms with van der Waals surface area (Å²) in [5, 5.41) is 8.45. The molecule has 0 fully saturated rings. The van der Waals surface area contributed by atoms with E-state index in [0.29, 0.717) is 6.20 Å². The van der Waals surface area contributed by atoms with Gasteiger partial charge >= 0.3 is 6.36 Å². The van der Waals surface area contributed by atoms with Crippen molar-refractivity contribution in [3.63, 3.8) is 0 Å². The first kappa shape index (κ1) is 11.7. The number of alkyl halides is 3. The van der Waals surface area contributed by atoms with E-state index < -0.39 is 28.1 Å². The van der Waals surface area contributed by atoms with Crippen molar-refractivity contribution in [2.75, 3.05) is 0 Å². The van der Waals surface area contributed by atoms with Crippen molar-refractivity contribution in [1.82, 2.24) is 4.98 Å². The monoisotopic (exact) mass is 284 g/mol. The summed E-state index contributed by atoms with van der Waals surface area (Å²) in [5.74, 6) is -2.12. The topological polar surface area (TPSA) is 45.9 Å². The molecule has 8 heteroatoms. The Morgan fingerprint density at radius 3 is 2.53 bits per heavy atom. The van der Waals surface area contributed by atoms with Crippen LogP contribution in [-0.2, 0) is 0 Å². The zero-order valence-corrected chi connectivity index (χ0v) is 8.36. The van der Waals surface area contributed by atoms with Crippen molar-refractivity contribution in [3.8, 4) is 11.8 Å². The molecule has 80 valence electrons. The van der Waals surface area contributed by atoms with Gasteiger partial charge in [0, 0.05) is 0 Å². The Balaban J connectivity index is 3.26. The number of nitriles is 1. The maximum absolute atomic E-state index is 12.8. The van der Waals surface area contributed by atoms with Crippen LogP contribution in [0.5, 0.6) is 5.75 Å². The van der Waals surface area contributed by atoms with E-state index in [-0.39, 0.29) is 0 Å². The fourth-order valence-corrected chi connectivity index (χ4v) is 1.14. The lowest BCUT2D eigenvalue weighted by atomic mass is 10.3. The summed E-state index contributed by atoms with van der Waals surface area (Å²) in [6.07, 6.45) is -4.34. The summed E-state index contributed by atoms with van der Waals surface area (Å²) in [6, 6.07) is 1.40. The quantitative estimate of drug-likeness (QED) is 0.588. The highest BCUT2D eigenvalue weighted by atomic mass is 79.9. The summed E-state index contributed by atoms with van der Waals surface area (Å²) < 4.78 is 51.2.